The Morgan fingerprint density at radius 3 is 2.65 bits per heavy atom. The van der Waals surface area contributed by atoms with Gasteiger partial charge in [0.15, 0.2) is 11.5 Å². The summed E-state index contributed by atoms with van der Waals surface area (Å²) < 4.78 is 12.2. The van der Waals surface area contributed by atoms with Crippen molar-refractivity contribution in [2.24, 2.45) is 4.99 Å². The Hall–Kier alpha value is -3.98. The number of nitrogens with zero attached hydrogens (tertiary/aromatic N) is 4. The lowest BCUT2D eigenvalue weighted by atomic mass is 9.99. The Balaban J connectivity index is 1.55. The number of benzene rings is 2. The molecule has 0 radical (unpaired) electrons. The topological polar surface area (TPSA) is 104 Å². The molecule has 8 nitrogen and oxygen atoms in total. The molecule has 0 spiro atoms. The number of anilines is 1. The molecule has 0 unspecified atom stereocenters. The van der Waals surface area contributed by atoms with E-state index in [1.165, 1.54) is 15.9 Å². The fourth-order valence-corrected chi connectivity index (χ4v) is 4.95. The van der Waals surface area contributed by atoms with Gasteiger partial charge in [0.1, 0.15) is 10.8 Å². The van der Waals surface area contributed by atoms with Gasteiger partial charge in [-0.05, 0) is 49.8 Å². The van der Waals surface area contributed by atoms with Gasteiger partial charge in [-0.3, -0.25) is 9.79 Å². The maximum atomic E-state index is 12.9. The Bertz CT molecular complexity index is 1570. The summed E-state index contributed by atoms with van der Waals surface area (Å²) in [6.07, 6.45) is 2.31. The second-order valence-corrected chi connectivity index (χ2v) is 9.09. The molecule has 1 aliphatic heterocycles. The molecule has 0 bridgehead atoms. The number of methoxy groups -OCH3 is 2. The molecule has 0 amide bonds. The number of rotatable bonds is 5. The van der Waals surface area contributed by atoms with Crippen LogP contribution in [0.3, 0.4) is 0 Å². The fourth-order valence-electron chi connectivity index (χ4n) is 4.02. The van der Waals surface area contributed by atoms with E-state index in [0.717, 1.165) is 38.7 Å². The third-order valence-electron chi connectivity index (χ3n) is 5.75. The zero-order valence-electron chi connectivity index (χ0n) is 19.2. The molecule has 9 heteroatoms. The van der Waals surface area contributed by atoms with Crippen molar-refractivity contribution in [3.05, 3.63) is 74.0 Å². The maximum Gasteiger partial charge on any atom is 0.283 e. The average Bonchev–Trinajstić information content (AvgIpc) is 3.36. The third-order valence-corrected chi connectivity index (χ3v) is 6.65. The lowest BCUT2D eigenvalue weighted by Crippen LogP contribution is -2.17. The first-order valence-corrected chi connectivity index (χ1v) is 11.5. The summed E-state index contributed by atoms with van der Waals surface area (Å²) in [4.78, 5) is 22.2. The molecule has 0 saturated carbocycles. The van der Waals surface area contributed by atoms with E-state index in [9.17, 15) is 4.79 Å². The number of aliphatic imine (C=N–C) groups is 1. The van der Waals surface area contributed by atoms with E-state index in [1.807, 2.05) is 44.2 Å². The zero-order chi connectivity index (χ0) is 24.0. The van der Waals surface area contributed by atoms with Crippen LogP contribution in [0.15, 0.2) is 46.2 Å². The minimum atomic E-state index is -0.389. The highest BCUT2D eigenvalue weighted by Crippen LogP contribution is 2.37. The Morgan fingerprint density at radius 1 is 1.09 bits per heavy atom. The van der Waals surface area contributed by atoms with E-state index in [0.29, 0.717) is 28.4 Å². The van der Waals surface area contributed by atoms with Crippen LogP contribution in [0, 0.1) is 6.92 Å². The molecule has 0 aliphatic carbocycles. The van der Waals surface area contributed by atoms with E-state index >= 15 is 0 Å². The highest BCUT2D eigenvalue weighted by molar-refractivity contribution is 7.16. The van der Waals surface area contributed by atoms with Crippen LogP contribution in [0.25, 0.3) is 16.6 Å². The normalized spacial score (nSPS) is 13.9. The molecule has 3 heterocycles. The van der Waals surface area contributed by atoms with Gasteiger partial charge in [0.25, 0.3) is 5.56 Å². The average molecular weight is 474 g/mol. The Morgan fingerprint density at radius 2 is 1.88 bits per heavy atom. The van der Waals surface area contributed by atoms with Gasteiger partial charge < -0.3 is 15.2 Å². The fraction of sp³-hybridized carbons (Fsp3) is 0.200. The van der Waals surface area contributed by atoms with Gasteiger partial charge in [0.2, 0.25) is 4.96 Å². The number of hydrogen-bond acceptors (Lipinski definition) is 8. The molecule has 2 N–H and O–H groups in total. The third kappa shape index (κ3) is 3.73. The van der Waals surface area contributed by atoms with E-state index in [1.54, 1.807) is 20.3 Å². The second kappa shape index (κ2) is 8.42. The summed E-state index contributed by atoms with van der Waals surface area (Å²) in [6.45, 7) is 3.95. The van der Waals surface area contributed by atoms with Gasteiger partial charge in [0.05, 0.1) is 25.5 Å². The summed E-state index contributed by atoms with van der Waals surface area (Å²) in [5.41, 5.74) is 12.0. The summed E-state index contributed by atoms with van der Waals surface area (Å²) in [6, 6.07) is 11.8. The molecule has 0 fully saturated rings. The van der Waals surface area contributed by atoms with E-state index in [2.05, 4.69) is 21.1 Å². The molecular weight excluding hydrogens is 450 g/mol. The van der Waals surface area contributed by atoms with Crippen LogP contribution in [0.4, 0.5) is 11.5 Å². The predicted octanol–water partition coefficient (Wildman–Crippen LogP) is 4.30. The van der Waals surface area contributed by atoms with Crippen LogP contribution in [0.5, 0.6) is 11.5 Å². The zero-order valence-corrected chi connectivity index (χ0v) is 20.1. The molecule has 0 saturated heterocycles. The quantitative estimate of drug-likeness (QED) is 0.464. The number of fused-ring (bicyclic) bond motifs is 2. The van der Waals surface area contributed by atoms with Gasteiger partial charge in [-0.25, -0.2) is 0 Å². The van der Waals surface area contributed by atoms with Crippen molar-refractivity contribution in [1.82, 2.24) is 14.6 Å². The molecule has 0 atom stereocenters. The van der Waals surface area contributed by atoms with Crippen molar-refractivity contribution in [3.8, 4) is 11.5 Å². The van der Waals surface area contributed by atoms with Crippen molar-refractivity contribution in [2.75, 3.05) is 20.0 Å². The van der Waals surface area contributed by atoms with Crippen molar-refractivity contribution in [1.29, 1.82) is 0 Å². The number of ether oxygens (including phenoxy) is 2. The van der Waals surface area contributed by atoms with Gasteiger partial charge in [-0.1, -0.05) is 29.0 Å². The maximum absolute atomic E-state index is 12.9. The Labute approximate surface area is 200 Å². The van der Waals surface area contributed by atoms with Crippen LogP contribution in [0.1, 0.15) is 34.2 Å². The standard InChI is InChI=1S/C25H23N5O3S/c1-13-5-7-19-17(9-13)16(14(2)27-19)12-18-23(26)30-25(28-24(18)31)34-22(29-30)11-15-6-8-20(32-3)21(10-15)33-4/h5-10,12H,11,26H2,1-4H3/b16-12-. The van der Waals surface area contributed by atoms with Crippen LogP contribution in [0.2, 0.25) is 0 Å². The number of aryl methyl sites for hydroxylation is 1. The summed E-state index contributed by atoms with van der Waals surface area (Å²) in [5.74, 6) is 1.56. The first kappa shape index (κ1) is 21.8. The number of nitrogen functional groups attached to an aromatic ring is 1. The molecule has 2 aromatic carbocycles. The van der Waals surface area contributed by atoms with Crippen LogP contribution < -0.4 is 20.8 Å². The second-order valence-electron chi connectivity index (χ2n) is 8.05. The molecule has 4 aromatic rings. The predicted molar refractivity (Wildman–Crippen MR) is 136 cm³/mol. The van der Waals surface area contributed by atoms with E-state index in [-0.39, 0.29) is 11.4 Å². The van der Waals surface area contributed by atoms with E-state index < -0.39 is 0 Å². The van der Waals surface area contributed by atoms with Crippen molar-refractivity contribution in [2.45, 2.75) is 20.3 Å². The van der Waals surface area contributed by atoms with Gasteiger partial charge >= 0.3 is 0 Å². The number of hydrogen-bond donors (Lipinski definition) is 1. The van der Waals surface area contributed by atoms with Crippen LogP contribution in [-0.4, -0.2) is 34.5 Å². The minimum absolute atomic E-state index is 0.256. The Kier molecular flexibility index (Phi) is 5.41. The molecule has 1 aliphatic rings. The first-order chi connectivity index (χ1) is 16.4. The highest BCUT2D eigenvalue weighted by Gasteiger charge is 2.21. The summed E-state index contributed by atoms with van der Waals surface area (Å²) in [5, 5.41) is 5.41. The number of aromatic nitrogens is 3. The van der Waals surface area contributed by atoms with Crippen molar-refractivity contribution >= 4 is 45.2 Å². The van der Waals surface area contributed by atoms with Gasteiger partial charge in [-0.2, -0.15) is 14.6 Å². The highest BCUT2D eigenvalue weighted by atomic mass is 32.1. The van der Waals surface area contributed by atoms with Crippen molar-refractivity contribution in [3.63, 3.8) is 0 Å². The molecular formula is C25H23N5O3S. The van der Waals surface area contributed by atoms with E-state index in [4.69, 9.17) is 15.2 Å². The lowest BCUT2D eigenvalue weighted by molar-refractivity contribution is 0.354. The molecule has 172 valence electrons. The SMILES string of the molecule is COc1ccc(Cc2nn3c(N)c(/C=C4/C(C)=Nc5ccc(C)cc54)c(=O)nc3s2)cc1OC. The lowest BCUT2D eigenvalue weighted by Gasteiger charge is -2.08. The monoisotopic (exact) mass is 473 g/mol. The largest absolute Gasteiger partial charge is 0.493 e. The summed E-state index contributed by atoms with van der Waals surface area (Å²) >= 11 is 1.33. The summed E-state index contributed by atoms with van der Waals surface area (Å²) in [7, 11) is 3.20. The first-order valence-electron chi connectivity index (χ1n) is 10.7. The molecule has 2 aromatic heterocycles. The van der Waals surface area contributed by atoms with Crippen LogP contribution in [-0.2, 0) is 6.42 Å². The number of nitrogens with two attached hydrogens (primary N) is 1. The molecule has 5 rings (SSSR count). The number of allylic oxidation sites excluding steroid dienone is 1. The van der Waals surface area contributed by atoms with Gasteiger partial charge in [-0.15, -0.1) is 0 Å². The molecule has 34 heavy (non-hydrogen) atoms. The van der Waals surface area contributed by atoms with Gasteiger partial charge in [0, 0.05) is 23.3 Å². The van der Waals surface area contributed by atoms with Crippen molar-refractivity contribution < 1.29 is 9.47 Å². The smallest absolute Gasteiger partial charge is 0.283 e. The minimum Gasteiger partial charge on any atom is -0.493 e. The van der Waals surface area contributed by atoms with Crippen LogP contribution >= 0.6 is 11.3 Å².